The van der Waals surface area contributed by atoms with Gasteiger partial charge in [0.25, 0.3) is 5.91 Å². The number of sulfonamides is 1. The lowest BCUT2D eigenvalue weighted by atomic mass is 10.2. The minimum atomic E-state index is -5.52. The summed E-state index contributed by atoms with van der Waals surface area (Å²) in [5.74, 6) is 0.246. The molecule has 1 aromatic heterocycles. The molecule has 3 amide bonds. The van der Waals surface area contributed by atoms with Crippen LogP contribution in [0.5, 0.6) is 0 Å². The van der Waals surface area contributed by atoms with Crippen molar-refractivity contribution < 1.29 is 31.2 Å². The van der Waals surface area contributed by atoms with E-state index < -0.39 is 27.5 Å². The number of nitrogens with zero attached hydrogens (tertiary/aromatic N) is 3. The smallest absolute Gasteiger partial charge is 0.324 e. The summed E-state index contributed by atoms with van der Waals surface area (Å²) in [4.78, 5) is 30.5. The second kappa shape index (κ2) is 11.1. The number of carbonyl (C=O) groups excluding carboxylic acids is 2. The Morgan fingerprint density at radius 2 is 1.75 bits per heavy atom. The van der Waals surface area contributed by atoms with Gasteiger partial charge in [-0.1, -0.05) is 38.8 Å². The third-order valence-electron chi connectivity index (χ3n) is 5.58. The van der Waals surface area contributed by atoms with Crippen LogP contribution in [0.3, 0.4) is 0 Å². The topological polar surface area (TPSA) is 113 Å². The number of benzene rings is 1. The quantitative estimate of drug-likeness (QED) is 0.336. The van der Waals surface area contributed by atoms with Crippen LogP contribution in [0.25, 0.3) is 6.08 Å². The van der Waals surface area contributed by atoms with Crippen LogP contribution in [0.4, 0.5) is 23.7 Å². The molecule has 2 N–H and O–H groups in total. The van der Waals surface area contributed by atoms with Crippen molar-refractivity contribution in [3.63, 3.8) is 0 Å². The van der Waals surface area contributed by atoms with Crippen LogP contribution in [-0.2, 0) is 27.8 Å². The summed E-state index contributed by atoms with van der Waals surface area (Å²) in [7, 11) is -5.52. The summed E-state index contributed by atoms with van der Waals surface area (Å²) < 4.78 is 64.0. The molecule has 2 aromatic rings. The number of imidazole rings is 1. The van der Waals surface area contributed by atoms with Gasteiger partial charge in [-0.15, -0.1) is 0 Å². The van der Waals surface area contributed by atoms with E-state index in [9.17, 15) is 31.2 Å². The molecule has 1 aliphatic rings. The first-order valence-electron chi connectivity index (χ1n) is 11.5. The van der Waals surface area contributed by atoms with Crippen molar-refractivity contribution in [1.82, 2.24) is 19.8 Å². The first-order chi connectivity index (χ1) is 17.0. The summed E-state index contributed by atoms with van der Waals surface area (Å²) in [6.45, 7) is 4.69. The summed E-state index contributed by atoms with van der Waals surface area (Å²) in [5, 5.41) is 2.31. The Bertz CT molecular complexity index is 1240. The van der Waals surface area contributed by atoms with Gasteiger partial charge in [-0.2, -0.15) is 21.6 Å². The molecule has 3 rings (SSSR count). The fraction of sp³-hybridized carbons (Fsp3) is 0.435. The van der Waals surface area contributed by atoms with Crippen LogP contribution < -0.4 is 10.0 Å². The van der Waals surface area contributed by atoms with Crippen LogP contribution in [0.1, 0.15) is 56.6 Å². The Balaban J connectivity index is 1.90. The highest BCUT2D eigenvalue weighted by Crippen LogP contribution is 2.26. The molecule has 1 aromatic carbocycles. The molecule has 1 fully saturated rings. The largest absolute Gasteiger partial charge is 0.516 e. The van der Waals surface area contributed by atoms with Gasteiger partial charge in [0.05, 0.1) is 11.9 Å². The van der Waals surface area contributed by atoms with Gasteiger partial charge in [-0.05, 0) is 36.6 Å². The molecule has 2 heterocycles. The number of carbonyl (C=O) groups is 2. The number of anilines is 1. The number of unbranched alkanes of at least 4 members (excludes halogenated alkanes) is 2. The minimum Gasteiger partial charge on any atom is -0.324 e. The van der Waals surface area contributed by atoms with E-state index >= 15 is 0 Å². The molecule has 0 radical (unpaired) electrons. The number of rotatable bonds is 11. The maximum absolute atomic E-state index is 12.6. The number of aromatic nitrogens is 2. The number of urea groups is 1. The molecule has 13 heteroatoms. The van der Waals surface area contributed by atoms with Crippen molar-refractivity contribution in [2.24, 2.45) is 0 Å². The van der Waals surface area contributed by atoms with Gasteiger partial charge in [0.1, 0.15) is 11.5 Å². The average molecular weight is 528 g/mol. The van der Waals surface area contributed by atoms with Gasteiger partial charge in [0.15, 0.2) is 0 Å². The highest BCUT2D eigenvalue weighted by molar-refractivity contribution is 7.93. The maximum Gasteiger partial charge on any atom is 0.516 e. The number of hydrogen-bond donors (Lipinski definition) is 2. The lowest BCUT2D eigenvalue weighted by Gasteiger charge is -2.16. The Morgan fingerprint density at radius 3 is 2.36 bits per heavy atom. The number of halogens is 3. The SMILES string of the molecule is CCCCc1ncc(C=C2C(=O)NC(=O)N2CCCC)n1Cc1ccc(NS(=O)(=O)C(F)(F)F)cc1. The van der Waals surface area contributed by atoms with E-state index in [1.807, 2.05) is 18.4 Å². The van der Waals surface area contributed by atoms with E-state index in [1.165, 1.54) is 33.9 Å². The number of hydrogen-bond acceptors (Lipinski definition) is 5. The third kappa shape index (κ3) is 6.25. The van der Waals surface area contributed by atoms with Gasteiger partial charge >= 0.3 is 21.6 Å². The van der Waals surface area contributed by atoms with E-state index in [-0.39, 0.29) is 17.9 Å². The molecule has 9 nitrogen and oxygen atoms in total. The standard InChI is InChI=1S/C23H28F3N5O4S/c1-3-5-7-20-27-14-18(13-19-21(32)28-22(33)30(19)12-6-4-2)31(20)15-16-8-10-17(11-9-16)29-36(34,35)23(24,25)26/h8-11,13-14,29H,3-7,12,15H2,1-2H3,(H,28,32,33). The molecule has 36 heavy (non-hydrogen) atoms. The predicted molar refractivity (Wildman–Crippen MR) is 128 cm³/mol. The van der Waals surface area contributed by atoms with Gasteiger partial charge < -0.3 is 4.57 Å². The van der Waals surface area contributed by atoms with E-state index in [0.717, 1.165) is 31.5 Å². The number of amides is 3. The summed E-state index contributed by atoms with van der Waals surface area (Å²) in [6, 6.07) is 5.03. The second-order valence-electron chi connectivity index (χ2n) is 8.33. The highest BCUT2D eigenvalue weighted by atomic mass is 32.2. The van der Waals surface area contributed by atoms with Crippen molar-refractivity contribution >= 4 is 33.7 Å². The van der Waals surface area contributed by atoms with Crippen LogP contribution in [0.15, 0.2) is 36.2 Å². The molecule has 0 atom stereocenters. The molecule has 0 aliphatic carbocycles. The van der Waals surface area contributed by atoms with Crippen molar-refractivity contribution in [3.8, 4) is 0 Å². The van der Waals surface area contributed by atoms with Gasteiger partial charge in [0.2, 0.25) is 0 Å². The zero-order valence-electron chi connectivity index (χ0n) is 19.9. The number of alkyl halides is 3. The van der Waals surface area contributed by atoms with Gasteiger partial charge in [-0.25, -0.2) is 9.78 Å². The van der Waals surface area contributed by atoms with Gasteiger partial charge in [-0.3, -0.25) is 19.7 Å². The molecule has 1 saturated heterocycles. The Kier molecular flexibility index (Phi) is 8.43. The molecule has 0 saturated carbocycles. The van der Waals surface area contributed by atoms with Crippen LogP contribution in [0, 0.1) is 0 Å². The summed E-state index contributed by atoms with van der Waals surface area (Å²) >= 11 is 0. The Hall–Kier alpha value is -3.35. The van der Waals surface area contributed by atoms with E-state index in [0.29, 0.717) is 24.2 Å². The van der Waals surface area contributed by atoms with E-state index in [2.05, 4.69) is 10.3 Å². The first kappa shape index (κ1) is 27.2. The molecule has 0 bridgehead atoms. The Morgan fingerprint density at radius 1 is 1.08 bits per heavy atom. The van der Waals surface area contributed by atoms with Crippen molar-refractivity contribution in [3.05, 3.63) is 53.2 Å². The van der Waals surface area contributed by atoms with Crippen LogP contribution >= 0.6 is 0 Å². The zero-order chi connectivity index (χ0) is 26.5. The predicted octanol–water partition coefficient (Wildman–Crippen LogP) is 4.23. The molecule has 1 aliphatic heterocycles. The van der Waals surface area contributed by atoms with E-state index in [4.69, 9.17) is 0 Å². The summed E-state index contributed by atoms with van der Waals surface area (Å²) in [5.41, 5.74) is -4.16. The lowest BCUT2D eigenvalue weighted by Crippen LogP contribution is -2.29. The third-order valence-corrected chi connectivity index (χ3v) is 6.70. The fourth-order valence-electron chi connectivity index (χ4n) is 3.62. The van der Waals surface area contributed by atoms with Crippen molar-refractivity contribution in [2.75, 3.05) is 11.3 Å². The second-order valence-corrected chi connectivity index (χ2v) is 10.0. The molecule has 196 valence electrons. The number of nitrogens with one attached hydrogen (secondary N) is 2. The van der Waals surface area contributed by atoms with Crippen LogP contribution in [-0.4, -0.2) is 46.9 Å². The monoisotopic (exact) mass is 527 g/mol. The normalized spacial score (nSPS) is 15.6. The zero-order valence-corrected chi connectivity index (χ0v) is 20.7. The van der Waals surface area contributed by atoms with Gasteiger partial charge in [0, 0.05) is 25.2 Å². The lowest BCUT2D eigenvalue weighted by molar-refractivity contribution is -0.116. The Labute approximate surface area is 207 Å². The maximum atomic E-state index is 12.6. The van der Waals surface area contributed by atoms with Crippen molar-refractivity contribution in [2.45, 2.75) is 58.0 Å². The van der Waals surface area contributed by atoms with Crippen molar-refractivity contribution in [1.29, 1.82) is 0 Å². The molecular weight excluding hydrogens is 499 g/mol. The van der Waals surface area contributed by atoms with E-state index in [1.54, 1.807) is 12.3 Å². The van der Waals surface area contributed by atoms with Crippen LogP contribution in [0.2, 0.25) is 0 Å². The number of aryl methyl sites for hydroxylation is 1. The molecule has 0 spiro atoms. The fourth-order valence-corrected chi connectivity index (χ4v) is 4.18. The highest BCUT2D eigenvalue weighted by Gasteiger charge is 2.46. The first-order valence-corrected chi connectivity index (χ1v) is 13.0. The average Bonchev–Trinajstić information content (AvgIpc) is 3.30. The molecule has 0 unspecified atom stereocenters. The number of imide groups is 1. The minimum absolute atomic E-state index is 0.216. The molecular formula is C23H28F3N5O4S. The summed E-state index contributed by atoms with van der Waals surface area (Å²) in [6.07, 6.45) is 7.24.